The molecule has 0 saturated carbocycles. The summed E-state index contributed by atoms with van der Waals surface area (Å²) >= 11 is 0. The maximum atomic E-state index is 13.7. The average molecular weight is 212 g/mol. The first-order valence-electron chi connectivity index (χ1n) is 4.83. The van der Waals surface area contributed by atoms with E-state index in [-0.39, 0.29) is 11.4 Å². The van der Waals surface area contributed by atoms with Gasteiger partial charge in [-0.2, -0.15) is 0 Å². The number of aliphatic carboxylic acids is 1. The van der Waals surface area contributed by atoms with E-state index in [9.17, 15) is 9.18 Å². The third-order valence-corrected chi connectivity index (χ3v) is 2.26. The van der Waals surface area contributed by atoms with Gasteiger partial charge in [0.2, 0.25) is 0 Å². The number of aromatic nitrogens is 2. The Labute approximate surface area is 87.2 Å². The molecule has 1 N–H and O–H groups in total. The standard InChI is InChI=1S/C10H13FN2O2/c1-3-6(10(14)15)9-8(11)7(4-2)12-5-13-9/h5-6H,3-4H2,1-2H3,(H,14,15). The summed E-state index contributed by atoms with van der Waals surface area (Å²) in [6.07, 6.45) is 1.95. The van der Waals surface area contributed by atoms with E-state index in [0.717, 1.165) is 0 Å². The third kappa shape index (κ3) is 2.29. The van der Waals surface area contributed by atoms with Gasteiger partial charge in [0.15, 0.2) is 5.82 Å². The van der Waals surface area contributed by atoms with E-state index >= 15 is 0 Å². The van der Waals surface area contributed by atoms with Crippen molar-refractivity contribution in [2.24, 2.45) is 0 Å². The van der Waals surface area contributed by atoms with Crippen molar-refractivity contribution in [1.29, 1.82) is 0 Å². The van der Waals surface area contributed by atoms with Gasteiger partial charge in [0, 0.05) is 0 Å². The van der Waals surface area contributed by atoms with Gasteiger partial charge in [-0.25, -0.2) is 14.4 Å². The molecule has 1 rings (SSSR count). The molecule has 15 heavy (non-hydrogen) atoms. The highest BCUT2D eigenvalue weighted by atomic mass is 19.1. The minimum absolute atomic E-state index is 0.0168. The van der Waals surface area contributed by atoms with Crippen LogP contribution in [0.3, 0.4) is 0 Å². The minimum atomic E-state index is -1.06. The molecule has 1 atom stereocenters. The molecule has 0 saturated heterocycles. The van der Waals surface area contributed by atoms with E-state index in [1.165, 1.54) is 6.33 Å². The molecule has 1 aromatic heterocycles. The number of carboxylic acid groups (broad SMARTS) is 1. The third-order valence-electron chi connectivity index (χ3n) is 2.26. The van der Waals surface area contributed by atoms with Crippen molar-refractivity contribution in [2.45, 2.75) is 32.6 Å². The zero-order valence-electron chi connectivity index (χ0n) is 8.70. The summed E-state index contributed by atoms with van der Waals surface area (Å²) < 4.78 is 13.7. The van der Waals surface area contributed by atoms with Crippen LogP contribution in [0.2, 0.25) is 0 Å². The Bertz CT molecular complexity index is 368. The van der Waals surface area contributed by atoms with Gasteiger partial charge in [-0.05, 0) is 12.8 Å². The number of nitrogens with zero attached hydrogens (tertiary/aromatic N) is 2. The summed E-state index contributed by atoms with van der Waals surface area (Å²) in [6.45, 7) is 3.45. The summed E-state index contributed by atoms with van der Waals surface area (Å²) in [5.41, 5.74) is 0.247. The Morgan fingerprint density at radius 3 is 2.67 bits per heavy atom. The zero-order chi connectivity index (χ0) is 11.4. The van der Waals surface area contributed by atoms with Crippen molar-refractivity contribution < 1.29 is 14.3 Å². The first-order chi connectivity index (χ1) is 7.11. The van der Waals surface area contributed by atoms with Crippen LogP contribution in [0.25, 0.3) is 0 Å². The molecular weight excluding hydrogens is 199 g/mol. The molecule has 0 aromatic carbocycles. The highest BCUT2D eigenvalue weighted by Gasteiger charge is 2.24. The molecule has 5 heteroatoms. The molecule has 0 spiro atoms. The lowest BCUT2D eigenvalue weighted by molar-refractivity contribution is -0.139. The topological polar surface area (TPSA) is 63.1 Å². The van der Waals surface area contributed by atoms with E-state index in [1.54, 1.807) is 13.8 Å². The fourth-order valence-corrected chi connectivity index (χ4v) is 1.40. The molecule has 82 valence electrons. The lowest BCUT2D eigenvalue weighted by Crippen LogP contribution is -2.15. The predicted molar refractivity (Wildman–Crippen MR) is 52.0 cm³/mol. The monoisotopic (exact) mass is 212 g/mol. The quantitative estimate of drug-likeness (QED) is 0.825. The zero-order valence-corrected chi connectivity index (χ0v) is 8.70. The van der Waals surface area contributed by atoms with Crippen molar-refractivity contribution in [3.8, 4) is 0 Å². The molecule has 0 aliphatic heterocycles. The molecule has 0 amide bonds. The van der Waals surface area contributed by atoms with E-state index in [4.69, 9.17) is 5.11 Å². The maximum Gasteiger partial charge on any atom is 0.312 e. The first-order valence-corrected chi connectivity index (χ1v) is 4.83. The SMILES string of the molecule is CCc1ncnc(C(CC)C(=O)O)c1F. The van der Waals surface area contributed by atoms with Gasteiger partial charge < -0.3 is 5.11 Å². The average Bonchev–Trinajstić information content (AvgIpc) is 2.21. The van der Waals surface area contributed by atoms with E-state index in [0.29, 0.717) is 12.8 Å². The highest BCUT2D eigenvalue weighted by Crippen LogP contribution is 2.21. The number of carbonyl (C=O) groups is 1. The Morgan fingerprint density at radius 1 is 1.53 bits per heavy atom. The van der Waals surface area contributed by atoms with Gasteiger partial charge in [0.25, 0.3) is 0 Å². The largest absolute Gasteiger partial charge is 0.481 e. The molecule has 0 aliphatic carbocycles. The van der Waals surface area contributed by atoms with Crippen LogP contribution in [0.15, 0.2) is 6.33 Å². The summed E-state index contributed by atoms with van der Waals surface area (Å²) in [6, 6.07) is 0. The number of halogens is 1. The number of rotatable bonds is 4. The molecule has 1 aromatic rings. The van der Waals surface area contributed by atoms with E-state index in [1.807, 2.05) is 0 Å². The van der Waals surface area contributed by atoms with Crippen LogP contribution < -0.4 is 0 Å². The summed E-state index contributed by atoms with van der Waals surface area (Å²) in [4.78, 5) is 18.3. The summed E-state index contributed by atoms with van der Waals surface area (Å²) in [5.74, 6) is -2.54. The van der Waals surface area contributed by atoms with Crippen LogP contribution in [0.1, 0.15) is 37.6 Å². The van der Waals surface area contributed by atoms with E-state index < -0.39 is 17.7 Å². The first kappa shape index (κ1) is 11.6. The molecule has 0 fully saturated rings. The van der Waals surface area contributed by atoms with Crippen molar-refractivity contribution >= 4 is 5.97 Å². The van der Waals surface area contributed by atoms with Crippen molar-refractivity contribution in [3.05, 3.63) is 23.5 Å². The smallest absolute Gasteiger partial charge is 0.312 e. The Balaban J connectivity index is 3.18. The van der Waals surface area contributed by atoms with Crippen molar-refractivity contribution in [1.82, 2.24) is 9.97 Å². The second kappa shape index (κ2) is 4.82. The molecule has 0 bridgehead atoms. The number of hydrogen-bond acceptors (Lipinski definition) is 3. The fraction of sp³-hybridized carbons (Fsp3) is 0.500. The van der Waals surface area contributed by atoms with Gasteiger partial charge in [0.1, 0.15) is 12.2 Å². The van der Waals surface area contributed by atoms with Crippen LogP contribution in [0.4, 0.5) is 4.39 Å². The van der Waals surface area contributed by atoms with Gasteiger partial charge in [-0.15, -0.1) is 0 Å². The number of hydrogen-bond donors (Lipinski definition) is 1. The van der Waals surface area contributed by atoms with Crippen LogP contribution in [-0.2, 0) is 11.2 Å². The molecule has 0 radical (unpaired) electrons. The van der Waals surface area contributed by atoms with Crippen LogP contribution in [-0.4, -0.2) is 21.0 Å². The maximum absolute atomic E-state index is 13.7. The Hall–Kier alpha value is -1.52. The second-order valence-electron chi connectivity index (χ2n) is 3.17. The lowest BCUT2D eigenvalue weighted by atomic mass is 10.0. The fourth-order valence-electron chi connectivity index (χ4n) is 1.40. The summed E-state index contributed by atoms with van der Waals surface area (Å²) in [5, 5.41) is 8.89. The van der Waals surface area contributed by atoms with Gasteiger partial charge in [-0.1, -0.05) is 13.8 Å². The van der Waals surface area contributed by atoms with Gasteiger partial charge >= 0.3 is 5.97 Å². The molecule has 1 unspecified atom stereocenters. The lowest BCUT2D eigenvalue weighted by Gasteiger charge is -2.10. The molecule has 4 nitrogen and oxygen atoms in total. The Kier molecular flexibility index (Phi) is 3.71. The predicted octanol–water partition coefficient (Wildman–Crippen LogP) is 1.76. The molecule has 0 aliphatic rings. The molecule has 1 heterocycles. The number of carboxylic acids is 1. The normalized spacial score (nSPS) is 12.5. The van der Waals surface area contributed by atoms with Crippen LogP contribution >= 0.6 is 0 Å². The highest BCUT2D eigenvalue weighted by molar-refractivity contribution is 5.75. The van der Waals surface area contributed by atoms with Crippen molar-refractivity contribution in [3.63, 3.8) is 0 Å². The number of aryl methyl sites for hydroxylation is 1. The van der Waals surface area contributed by atoms with Crippen molar-refractivity contribution in [2.75, 3.05) is 0 Å². The van der Waals surface area contributed by atoms with Crippen LogP contribution in [0.5, 0.6) is 0 Å². The van der Waals surface area contributed by atoms with E-state index in [2.05, 4.69) is 9.97 Å². The van der Waals surface area contributed by atoms with Gasteiger partial charge in [-0.3, -0.25) is 4.79 Å². The summed E-state index contributed by atoms with van der Waals surface area (Å²) in [7, 11) is 0. The second-order valence-corrected chi connectivity index (χ2v) is 3.17. The minimum Gasteiger partial charge on any atom is -0.481 e. The van der Waals surface area contributed by atoms with Gasteiger partial charge in [0.05, 0.1) is 11.4 Å². The Morgan fingerprint density at radius 2 is 2.20 bits per heavy atom. The van der Waals surface area contributed by atoms with Crippen LogP contribution in [0, 0.1) is 5.82 Å². The molecular formula is C10H13FN2O2.